The molecule has 2 aliphatic rings. The number of rotatable bonds is 5. The smallest absolute Gasteiger partial charge is 0.270 e. The zero-order valence-corrected chi connectivity index (χ0v) is 22.2. The molecule has 4 rings (SSSR count). The Kier molecular flexibility index (Phi) is 7.48. The van der Waals surface area contributed by atoms with E-state index in [-0.39, 0.29) is 23.1 Å². The molecular weight excluding hydrogens is 476 g/mol. The van der Waals surface area contributed by atoms with Crippen LogP contribution in [0, 0.1) is 24.2 Å². The monoisotopic (exact) mass is 506 g/mol. The number of pyridine rings is 1. The third-order valence-electron chi connectivity index (χ3n) is 6.89. The molecule has 2 aromatic rings. The van der Waals surface area contributed by atoms with Crippen LogP contribution < -0.4 is 10.5 Å². The molecule has 0 N–H and O–H groups in total. The number of aromatic nitrogens is 1. The molecule has 1 aromatic heterocycles. The minimum Gasteiger partial charge on any atom is -0.357 e. The summed E-state index contributed by atoms with van der Waals surface area (Å²) in [6.07, 6.45) is 4.02. The molecule has 1 aromatic carbocycles. The molecule has 6 nitrogen and oxygen atoms in total. The third kappa shape index (κ3) is 4.67. The van der Waals surface area contributed by atoms with Gasteiger partial charge < -0.3 is 4.90 Å². The molecule has 0 aliphatic carbocycles. The lowest BCUT2D eigenvalue weighted by Crippen LogP contribution is -2.40. The van der Waals surface area contributed by atoms with Gasteiger partial charge in [0.2, 0.25) is 0 Å². The number of benzene rings is 1. The fraction of sp³-hybridized carbons (Fsp3) is 0.407. The Morgan fingerprint density at radius 2 is 2.00 bits per heavy atom. The first-order chi connectivity index (χ1) is 16.8. The molecule has 8 heteroatoms. The van der Waals surface area contributed by atoms with Crippen LogP contribution in [0.15, 0.2) is 40.0 Å². The Morgan fingerprint density at radius 3 is 2.63 bits per heavy atom. The highest BCUT2D eigenvalue weighted by molar-refractivity contribution is 8.26. The highest BCUT2D eigenvalue weighted by atomic mass is 32.2. The van der Waals surface area contributed by atoms with E-state index < -0.39 is 0 Å². The molecule has 0 saturated carbocycles. The summed E-state index contributed by atoms with van der Waals surface area (Å²) >= 11 is 6.90. The fourth-order valence-electron chi connectivity index (χ4n) is 4.99. The SMILES string of the molecule is CCn1c(N2CCCC(C)C2)c(/C=C2\SC(=S)N(C(C)c3ccccc3)C2=O)c(C)c(C#N)c1=O. The van der Waals surface area contributed by atoms with Crippen LogP contribution in [-0.4, -0.2) is 32.8 Å². The van der Waals surface area contributed by atoms with E-state index in [2.05, 4.69) is 17.9 Å². The van der Waals surface area contributed by atoms with Gasteiger partial charge in [-0.3, -0.25) is 19.1 Å². The van der Waals surface area contributed by atoms with Crippen LogP contribution in [-0.2, 0) is 11.3 Å². The summed E-state index contributed by atoms with van der Waals surface area (Å²) in [6.45, 7) is 10.0. The van der Waals surface area contributed by atoms with E-state index in [0.717, 1.165) is 42.9 Å². The maximum Gasteiger partial charge on any atom is 0.270 e. The second-order valence-corrected chi connectivity index (χ2v) is 10.9. The fourth-order valence-corrected chi connectivity index (χ4v) is 6.39. The van der Waals surface area contributed by atoms with Gasteiger partial charge in [0.25, 0.3) is 11.5 Å². The summed E-state index contributed by atoms with van der Waals surface area (Å²) in [5.74, 6) is 1.14. The van der Waals surface area contributed by atoms with Crippen LogP contribution in [0.4, 0.5) is 5.82 Å². The molecule has 2 atom stereocenters. The van der Waals surface area contributed by atoms with Crippen molar-refractivity contribution in [1.82, 2.24) is 9.47 Å². The first-order valence-electron chi connectivity index (χ1n) is 12.0. The first kappa shape index (κ1) is 25.2. The van der Waals surface area contributed by atoms with Gasteiger partial charge in [-0.15, -0.1) is 0 Å². The van der Waals surface area contributed by atoms with Crippen LogP contribution >= 0.6 is 24.0 Å². The second kappa shape index (κ2) is 10.4. The van der Waals surface area contributed by atoms with Gasteiger partial charge in [-0.05, 0) is 56.7 Å². The van der Waals surface area contributed by atoms with Crippen LogP contribution in [0.2, 0.25) is 0 Å². The number of thiocarbonyl (C=S) groups is 1. The van der Waals surface area contributed by atoms with Crippen LogP contribution in [0.3, 0.4) is 0 Å². The minimum absolute atomic E-state index is 0.125. The molecule has 0 bridgehead atoms. The number of nitriles is 1. The van der Waals surface area contributed by atoms with Gasteiger partial charge >= 0.3 is 0 Å². The maximum absolute atomic E-state index is 13.6. The van der Waals surface area contributed by atoms with E-state index >= 15 is 0 Å². The van der Waals surface area contributed by atoms with Crippen molar-refractivity contribution >= 4 is 46.1 Å². The van der Waals surface area contributed by atoms with E-state index in [9.17, 15) is 14.9 Å². The van der Waals surface area contributed by atoms with E-state index in [1.807, 2.05) is 50.3 Å². The molecule has 35 heavy (non-hydrogen) atoms. The van der Waals surface area contributed by atoms with Crippen LogP contribution in [0.5, 0.6) is 0 Å². The second-order valence-electron chi connectivity index (χ2n) is 9.23. The zero-order chi connectivity index (χ0) is 25.3. The van der Waals surface area contributed by atoms with E-state index in [4.69, 9.17) is 12.2 Å². The Balaban J connectivity index is 1.84. The molecule has 1 amide bonds. The number of carbonyl (C=O) groups is 1. The molecule has 0 spiro atoms. The van der Waals surface area contributed by atoms with Gasteiger partial charge in [0.15, 0.2) is 0 Å². The molecule has 182 valence electrons. The van der Waals surface area contributed by atoms with Gasteiger partial charge in [0.05, 0.1) is 10.9 Å². The lowest BCUT2D eigenvalue weighted by atomic mass is 9.98. The summed E-state index contributed by atoms with van der Waals surface area (Å²) in [7, 11) is 0. The number of nitrogens with zero attached hydrogens (tertiary/aromatic N) is 4. The number of carbonyl (C=O) groups excluding carboxylic acids is 1. The van der Waals surface area contributed by atoms with Crippen molar-refractivity contribution in [2.45, 2.75) is 53.1 Å². The number of amides is 1. The average Bonchev–Trinajstić information content (AvgIpc) is 3.13. The predicted molar refractivity (Wildman–Crippen MR) is 146 cm³/mol. The molecule has 0 radical (unpaired) electrons. The van der Waals surface area contributed by atoms with Gasteiger partial charge in [-0.25, -0.2) is 0 Å². The molecule has 2 aliphatic heterocycles. The van der Waals surface area contributed by atoms with E-state index in [1.54, 1.807) is 16.4 Å². The van der Waals surface area contributed by atoms with Gasteiger partial charge in [-0.1, -0.05) is 61.2 Å². The Morgan fingerprint density at radius 1 is 1.29 bits per heavy atom. The molecule has 3 heterocycles. The van der Waals surface area contributed by atoms with Crippen molar-refractivity contribution in [2.75, 3.05) is 18.0 Å². The lowest BCUT2D eigenvalue weighted by Gasteiger charge is -2.35. The summed E-state index contributed by atoms with van der Waals surface area (Å²) in [4.78, 5) is 31.2. The Hall–Kier alpha value is -2.89. The molecule has 2 unspecified atom stereocenters. The summed E-state index contributed by atoms with van der Waals surface area (Å²) in [5.41, 5.74) is 2.22. The standard InChI is InChI=1S/C27H30N4O2S2/c1-5-30-24(29-13-9-10-17(2)16-29)21(18(3)22(15-28)25(30)32)14-23-26(33)31(27(34)35-23)19(4)20-11-7-6-8-12-20/h6-8,11-12,14,17,19H,5,9-10,13,16H2,1-4H3/b23-14-. The van der Waals surface area contributed by atoms with E-state index in [1.165, 1.54) is 11.8 Å². The number of thioether (sulfide) groups is 1. The lowest BCUT2D eigenvalue weighted by molar-refractivity contribution is -0.123. The first-order valence-corrected chi connectivity index (χ1v) is 13.2. The normalized spacial score (nSPS) is 20.4. The Bertz CT molecular complexity index is 1290. The largest absolute Gasteiger partial charge is 0.357 e. The van der Waals surface area contributed by atoms with Crippen molar-refractivity contribution < 1.29 is 4.79 Å². The van der Waals surface area contributed by atoms with Gasteiger partial charge in [-0.2, -0.15) is 5.26 Å². The molecule has 2 saturated heterocycles. The quantitative estimate of drug-likeness (QED) is 0.408. The third-order valence-corrected chi connectivity index (χ3v) is 8.22. The Labute approximate surface area is 216 Å². The highest BCUT2D eigenvalue weighted by Gasteiger charge is 2.37. The summed E-state index contributed by atoms with van der Waals surface area (Å²) in [5, 5.41) is 9.78. The topological polar surface area (TPSA) is 69.3 Å². The van der Waals surface area contributed by atoms with Crippen molar-refractivity contribution in [2.24, 2.45) is 5.92 Å². The van der Waals surface area contributed by atoms with Crippen LogP contribution in [0.25, 0.3) is 6.08 Å². The summed E-state index contributed by atoms with van der Waals surface area (Å²) < 4.78 is 2.19. The van der Waals surface area contributed by atoms with Crippen LogP contribution in [0.1, 0.15) is 61.9 Å². The molecule has 2 fully saturated rings. The number of piperidine rings is 1. The molecular formula is C27H30N4O2S2. The summed E-state index contributed by atoms with van der Waals surface area (Å²) in [6, 6.07) is 11.7. The highest BCUT2D eigenvalue weighted by Crippen LogP contribution is 2.40. The average molecular weight is 507 g/mol. The van der Waals surface area contributed by atoms with Gasteiger partial charge in [0, 0.05) is 25.2 Å². The van der Waals surface area contributed by atoms with Crippen molar-refractivity contribution in [3.05, 3.63) is 67.8 Å². The predicted octanol–water partition coefficient (Wildman–Crippen LogP) is 5.25. The van der Waals surface area contributed by atoms with Gasteiger partial charge in [0.1, 0.15) is 21.8 Å². The van der Waals surface area contributed by atoms with Crippen molar-refractivity contribution in [3.8, 4) is 6.07 Å². The number of hydrogen-bond donors (Lipinski definition) is 0. The van der Waals surface area contributed by atoms with E-state index in [0.29, 0.717) is 27.3 Å². The number of anilines is 1. The maximum atomic E-state index is 13.6. The minimum atomic E-state index is -0.275. The number of hydrogen-bond acceptors (Lipinski definition) is 6. The van der Waals surface area contributed by atoms with Crippen molar-refractivity contribution in [1.29, 1.82) is 5.26 Å². The zero-order valence-electron chi connectivity index (χ0n) is 20.6. The van der Waals surface area contributed by atoms with Crippen molar-refractivity contribution in [3.63, 3.8) is 0 Å².